The molecule has 6 aromatic carbocycles. The third kappa shape index (κ3) is 13.5. The van der Waals surface area contributed by atoms with E-state index in [4.69, 9.17) is 58.5 Å². The van der Waals surface area contributed by atoms with Gasteiger partial charge in [0.25, 0.3) is 0 Å². The number of esters is 1. The molecule has 0 radical (unpaired) electrons. The minimum absolute atomic E-state index is 0.0292. The molecule has 0 spiro atoms. The number of ether oxygens (including phenoxy) is 5. The Kier molecular flexibility index (Phi) is 16.8. The van der Waals surface area contributed by atoms with Crippen LogP contribution < -0.4 is 14.2 Å². The molecule has 1 saturated carbocycles. The van der Waals surface area contributed by atoms with Crippen molar-refractivity contribution < 1.29 is 46.0 Å². The number of carbonyl (C=O) groups excluding carboxylic acids is 1. The third-order valence-electron chi connectivity index (χ3n) is 10.7. The van der Waals surface area contributed by atoms with E-state index in [9.17, 15) is 27.6 Å². The van der Waals surface area contributed by atoms with Crippen LogP contribution in [0.3, 0.4) is 0 Å². The smallest absolute Gasteiger partial charge is 0.397 e. The summed E-state index contributed by atoms with van der Waals surface area (Å²) in [6, 6.07) is 41.6. The van der Waals surface area contributed by atoms with Gasteiger partial charge in [-0.2, -0.15) is 18.4 Å². The van der Waals surface area contributed by atoms with E-state index >= 15 is 0 Å². The molecule has 1 aliphatic rings. The molecule has 1 fully saturated rings. The molecular weight excluding hydrogens is 917 g/mol. The molecule has 7 nitrogen and oxygen atoms in total. The molecule has 0 amide bonds. The summed E-state index contributed by atoms with van der Waals surface area (Å²) in [5.74, 6) is -1.39. The van der Waals surface area contributed by atoms with E-state index in [1.807, 2.05) is 39.0 Å². The highest BCUT2D eigenvalue weighted by Crippen LogP contribution is 2.60. The number of carbonyl (C=O) groups is 1. The topological polar surface area (TPSA) is 87.0 Å². The first-order valence-electron chi connectivity index (χ1n) is 20.7. The van der Waals surface area contributed by atoms with Gasteiger partial charge in [0.2, 0.25) is 6.10 Å². The van der Waals surface area contributed by atoms with Crippen molar-refractivity contribution in [1.29, 1.82) is 5.26 Å². The zero-order valence-electron chi connectivity index (χ0n) is 35.9. The van der Waals surface area contributed by atoms with E-state index in [1.54, 1.807) is 97.1 Å². The Bertz CT molecular complexity index is 2620. The van der Waals surface area contributed by atoms with Crippen LogP contribution in [0.15, 0.2) is 152 Å². The van der Waals surface area contributed by atoms with Gasteiger partial charge in [-0.1, -0.05) is 115 Å². The highest BCUT2D eigenvalue weighted by molar-refractivity contribution is 6.48. The lowest BCUT2D eigenvalue weighted by Gasteiger charge is -2.21. The fraction of sp³-hybridized carbons (Fsp3) is 0.231. The highest BCUT2D eigenvalue weighted by atomic mass is 35.5. The summed E-state index contributed by atoms with van der Waals surface area (Å²) < 4.78 is 82.7. The quantitative estimate of drug-likeness (QED) is 0.0705. The molecule has 0 aliphatic heterocycles. The van der Waals surface area contributed by atoms with Gasteiger partial charge in [0, 0.05) is 20.6 Å². The third-order valence-corrected chi connectivity index (χ3v) is 11.5. The Labute approximate surface area is 396 Å². The van der Waals surface area contributed by atoms with Crippen LogP contribution in [0, 0.1) is 34.4 Å². The molecule has 14 heteroatoms. The SMILES string of the molecule is CC1(C)C(/C=C(\Cl)c2ccc(Cl)cc2)C1C(=O)OC(C#N)c1ccc(F)c(Oc2ccccc2)c1.CCOc1ccc(C(COCc2cccc(Oc3ccc(Cl)cc3)c2)C(F)(F)F)cc1. The molecule has 7 rings (SSSR count). The maximum atomic E-state index is 14.3. The maximum Gasteiger partial charge on any atom is 0.397 e. The Morgan fingerprint density at radius 1 is 0.773 bits per heavy atom. The zero-order valence-corrected chi connectivity index (χ0v) is 38.2. The lowest BCUT2D eigenvalue weighted by molar-refractivity contribution is -0.163. The van der Waals surface area contributed by atoms with Crippen molar-refractivity contribution >= 4 is 45.8 Å². The minimum Gasteiger partial charge on any atom is -0.494 e. The van der Waals surface area contributed by atoms with E-state index in [0.29, 0.717) is 55.8 Å². The monoisotopic (exact) mass is 959 g/mol. The van der Waals surface area contributed by atoms with Crippen molar-refractivity contribution in [3.63, 3.8) is 0 Å². The zero-order chi connectivity index (χ0) is 47.4. The van der Waals surface area contributed by atoms with Gasteiger partial charge in [-0.15, -0.1) is 0 Å². The van der Waals surface area contributed by atoms with Crippen LogP contribution in [0.5, 0.6) is 28.7 Å². The average Bonchev–Trinajstić information content (AvgIpc) is 3.85. The first kappa shape index (κ1) is 49.4. The first-order valence-corrected chi connectivity index (χ1v) is 21.8. The maximum absolute atomic E-state index is 14.3. The van der Waals surface area contributed by atoms with Crippen LogP contribution in [0.1, 0.15) is 55.0 Å². The van der Waals surface area contributed by atoms with Crippen LogP contribution in [-0.2, 0) is 20.9 Å². The minimum atomic E-state index is -4.42. The molecule has 4 atom stereocenters. The van der Waals surface area contributed by atoms with E-state index < -0.39 is 47.9 Å². The highest BCUT2D eigenvalue weighted by Gasteiger charge is 2.62. The molecule has 0 saturated heterocycles. The van der Waals surface area contributed by atoms with Crippen LogP contribution in [0.2, 0.25) is 10.0 Å². The van der Waals surface area contributed by atoms with Crippen LogP contribution in [-0.4, -0.2) is 25.4 Å². The summed E-state index contributed by atoms with van der Waals surface area (Å²) in [6.45, 7) is 5.69. The van der Waals surface area contributed by atoms with Gasteiger partial charge in [0.15, 0.2) is 11.6 Å². The van der Waals surface area contributed by atoms with Crippen molar-refractivity contribution in [2.45, 2.75) is 45.6 Å². The molecule has 342 valence electrons. The largest absolute Gasteiger partial charge is 0.494 e. The van der Waals surface area contributed by atoms with Crippen molar-refractivity contribution in [3.05, 3.63) is 190 Å². The Hall–Kier alpha value is -6.03. The predicted molar refractivity (Wildman–Crippen MR) is 247 cm³/mol. The van der Waals surface area contributed by atoms with Gasteiger partial charge >= 0.3 is 12.1 Å². The number of nitrogens with zero attached hydrogens (tertiary/aromatic N) is 1. The number of hydrogen-bond donors (Lipinski definition) is 0. The number of benzene rings is 6. The lowest BCUT2D eigenvalue weighted by Crippen LogP contribution is -2.25. The van der Waals surface area contributed by atoms with Gasteiger partial charge in [-0.05, 0) is 120 Å². The number of halogens is 7. The summed E-state index contributed by atoms with van der Waals surface area (Å²) in [6.07, 6.45) is -3.80. The van der Waals surface area contributed by atoms with Gasteiger partial charge in [0.1, 0.15) is 35.0 Å². The molecule has 0 heterocycles. The predicted octanol–water partition coefficient (Wildman–Crippen LogP) is 15.3. The standard InChI is InChI=1S/C28H22Cl2FNO3.C24H22ClF3O3/c1-28(2)21(15-22(30)17-8-11-19(29)12-9-17)26(28)27(33)35-25(16-32)18-10-13-23(31)24(14-18)34-20-6-4-3-5-7-20;1-2-30-20-10-6-18(7-11-20)23(24(26,27)28)16-29-15-17-4-3-5-22(14-17)31-21-12-8-19(25)9-13-21/h3-15,21,25-26H,1-2H3;3-14,23H,2,15-16H2,1H3/b22-15-;. The second kappa shape index (κ2) is 22.4. The summed E-state index contributed by atoms with van der Waals surface area (Å²) >= 11 is 18.3. The van der Waals surface area contributed by atoms with E-state index in [-0.39, 0.29) is 23.8 Å². The Balaban J connectivity index is 0.000000220. The average molecular weight is 961 g/mol. The van der Waals surface area contributed by atoms with Gasteiger partial charge in [0.05, 0.1) is 25.7 Å². The lowest BCUT2D eigenvalue weighted by atomic mass is 9.99. The molecule has 66 heavy (non-hydrogen) atoms. The van der Waals surface area contributed by atoms with Crippen molar-refractivity contribution in [2.24, 2.45) is 17.3 Å². The van der Waals surface area contributed by atoms with Crippen LogP contribution >= 0.6 is 34.8 Å². The number of alkyl halides is 3. The molecule has 0 N–H and O–H groups in total. The summed E-state index contributed by atoms with van der Waals surface area (Å²) in [5, 5.41) is 11.4. The second-order valence-corrected chi connectivity index (χ2v) is 17.0. The van der Waals surface area contributed by atoms with Gasteiger partial charge < -0.3 is 23.7 Å². The van der Waals surface area contributed by atoms with Gasteiger partial charge in [-0.25, -0.2) is 4.39 Å². The molecule has 0 bridgehead atoms. The summed E-state index contributed by atoms with van der Waals surface area (Å²) in [4.78, 5) is 13.0. The second-order valence-electron chi connectivity index (χ2n) is 15.7. The van der Waals surface area contributed by atoms with E-state index in [1.165, 1.54) is 42.5 Å². The van der Waals surface area contributed by atoms with E-state index in [0.717, 1.165) is 5.56 Å². The Morgan fingerprint density at radius 2 is 1.38 bits per heavy atom. The number of allylic oxidation sites excluding steroid dienone is 1. The number of para-hydroxylation sites is 1. The summed E-state index contributed by atoms with van der Waals surface area (Å²) in [7, 11) is 0. The molecule has 0 aromatic heterocycles. The molecule has 1 aliphatic carbocycles. The molecule has 6 aromatic rings. The van der Waals surface area contributed by atoms with Crippen molar-refractivity contribution in [1.82, 2.24) is 0 Å². The number of rotatable bonds is 16. The summed E-state index contributed by atoms with van der Waals surface area (Å²) in [5.41, 5.74) is 1.56. The van der Waals surface area contributed by atoms with Crippen LogP contribution in [0.4, 0.5) is 17.6 Å². The number of nitriles is 1. The number of hydrogen-bond acceptors (Lipinski definition) is 7. The van der Waals surface area contributed by atoms with Gasteiger partial charge in [-0.3, -0.25) is 4.79 Å². The van der Waals surface area contributed by atoms with Crippen molar-refractivity contribution in [3.8, 4) is 34.8 Å². The molecular formula is C52H44Cl3F4NO6. The Morgan fingerprint density at radius 3 is 2.02 bits per heavy atom. The fourth-order valence-corrected chi connectivity index (χ4v) is 7.53. The fourth-order valence-electron chi connectivity index (χ4n) is 7.01. The first-order chi connectivity index (χ1) is 31.5. The van der Waals surface area contributed by atoms with Crippen LogP contribution in [0.25, 0.3) is 5.03 Å². The molecule has 4 unspecified atom stereocenters. The normalized spacial score (nSPS) is 16.1. The van der Waals surface area contributed by atoms with Crippen molar-refractivity contribution in [2.75, 3.05) is 13.2 Å². The van der Waals surface area contributed by atoms with E-state index in [2.05, 4.69) is 0 Å².